The summed E-state index contributed by atoms with van der Waals surface area (Å²) in [5.41, 5.74) is 2.06. The van der Waals surface area contributed by atoms with E-state index in [9.17, 15) is 4.79 Å². The summed E-state index contributed by atoms with van der Waals surface area (Å²) in [5.74, 6) is -0.252. The third-order valence-electron chi connectivity index (χ3n) is 2.77. The van der Waals surface area contributed by atoms with Crippen LogP contribution in [0, 0.1) is 6.92 Å². The average molecular weight is 304 g/mol. The molecule has 4 nitrogen and oxygen atoms in total. The van der Waals surface area contributed by atoms with Gasteiger partial charge in [0.05, 0.1) is 25.8 Å². The number of hydrogen-bond acceptors (Lipinski definition) is 4. The van der Waals surface area contributed by atoms with E-state index in [2.05, 4.69) is 15.3 Å². The van der Waals surface area contributed by atoms with E-state index in [0.717, 1.165) is 20.9 Å². The van der Waals surface area contributed by atoms with Crippen LogP contribution >= 0.6 is 22.9 Å². The van der Waals surface area contributed by atoms with Gasteiger partial charge in [-0.3, -0.25) is 9.78 Å². The lowest BCUT2D eigenvalue weighted by molar-refractivity contribution is 0.102. The molecule has 0 aliphatic carbocycles. The minimum Gasteiger partial charge on any atom is -0.322 e. The molecule has 0 atom stereocenters. The molecule has 1 amide bonds. The molecule has 0 fully saturated rings. The van der Waals surface area contributed by atoms with Gasteiger partial charge in [-0.05, 0) is 31.2 Å². The van der Waals surface area contributed by atoms with E-state index in [0.29, 0.717) is 10.6 Å². The number of carbonyl (C=O) groups is 1. The summed E-state index contributed by atoms with van der Waals surface area (Å²) in [6.45, 7) is 1.96. The summed E-state index contributed by atoms with van der Waals surface area (Å²) in [6, 6.07) is 7.22. The highest BCUT2D eigenvalue weighted by atomic mass is 35.5. The number of nitrogens with one attached hydrogen (secondary N) is 1. The number of halogens is 1. The first-order valence-electron chi connectivity index (χ1n) is 5.91. The second kappa shape index (κ2) is 5.19. The van der Waals surface area contributed by atoms with Crippen molar-refractivity contribution in [1.29, 1.82) is 0 Å². The Balaban J connectivity index is 1.89. The third-order valence-corrected chi connectivity index (χ3v) is 4.01. The number of nitrogens with zero attached hydrogens (tertiary/aromatic N) is 2. The zero-order valence-electron chi connectivity index (χ0n) is 10.6. The molecule has 100 valence electrons. The van der Waals surface area contributed by atoms with E-state index in [-0.39, 0.29) is 5.91 Å². The Labute approximate surface area is 124 Å². The summed E-state index contributed by atoms with van der Waals surface area (Å²) in [6.07, 6.45) is 2.99. The molecule has 20 heavy (non-hydrogen) atoms. The molecule has 0 spiro atoms. The molecule has 0 radical (unpaired) electrons. The minimum atomic E-state index is -0.252. The van der Waals surface area contributed by atoms with Gasteiger partial charge in [-0.2, -0.15) is 0 Å². The molecule has 1 aromatic carbocycles. The number of anilines is 1. The molecule has 2 aromatic heterocycles. The number of amides is 1. The lowest BCUT2D eigenvalue weighted by Gasteiger charge is -2.06. The summed E-state index contributed by atoms with van der Waals surface area (Å²) in [5, 5.41) is 4.16. The molecule has 1 N–H and O–H groups in total. The number of hydrogen-bond donors (Lipinski definition) is 1. The highest BCUT2D eigenvalue weighted by Crippen LogP contribution is 2.25. The average Bonchev–Trinajstić information content (AvgIpc) is 2.78. The van der Waals surface area contributed by atoms with Gasteiger partial charge in [-0.15, -0.1) is 11.3 Å². The molecule has 0 saturated heterocycles. The van der Waals surface area contributed by atoms with Crippen molar-refractivity contribution in [3.63, 3.8) is 0 Å². The Hall–Kier alpha value is -1.98. The highest BCUT2D eigenvalue weighted by Gasteiger charge is 2.11. The van der Waals surface area contributed by atoms with Crippen LogP contribution in [-0.4, -0.2) is 15.9 Å². The number of aryl methyl sites for hydroxylation is 1. The number of fused-ring (bicyclic) bond motifs is 1. The second-order valence-corrected chi connectivity index (χ2v) is 5.87. The van der Waals surface area contributed by atoms with Crippen molar-refractivity contribution in [2.24, 2.45) is 0 Å². The Kier molecular flexibility index (Phi) is 3.38. The number of pyridine rings is 1. The van der Waals surface area contributed by atoms with Crippen LogP contribution in [0.3, 0.4) is 0 Å². The number of aromatic nitrogens is 2. The Morgan fingerprint density at radius 2 is 2.20 bits per heavy atom. The second-order valence-electron chi connectivity index (χ2n) is 4.23. The molecule has 0 aliphatic rings. The molecular formula is C14H10ClN3OS. The van der Waals surface area contributed by atoms with E-state index in [4.69, 9.17) is 11.6 Å². The predicted molar refractivity (Wildman–Crippen MR) is 81.6 cm³/mol. The van der Waals surface area contributed by atoms with E-state index in [1.807, 2.05) is 25.1 Å². The Morgan fingerprint density at radius 1 is 1.35 bits per heavy atom. The fourth-order valence-corrected chi connectivity index (χ4v) is 2.95. The van der Waals surface area contributed by atoms with Crippen molar-refractivity contribution >= 4 is 44.7 Å². The molecule has 3 rings (SSSR count). The summed E-state index contributed by atoms with van der Waals surface area (Å²) >= 11 is 7.55. The first-order chi connectivity index (χ1) is 9.63. The minimum absolute atomic E-state index is 0.252. The Bertz CT molecular complexity index is 800. The van der Waals surface area contributed by atoms with Crippen molar-refractivity contribution in [2.75, 3.05) is 5.32 Å². The zero-order chi connectivity index (χ0) is 14.1. The molecule has 0 aliphatic heterocycles. The normalized spacial score (nSPS) is 10.7. The van der Waals surface area contributed by atoms with Crippen LogP contribution in [0.1, 0.15) is 15.4 Å². The fourth-order valence-electron chi connectivity index (χ4n) is 1.88. The third kappa shape index (κ3) is 2.50. The predicted octanol–water partition coefficient (Wildman–Crippen LogP) is 3.91. The van der Waals surface area contributed by atoms with Crippen molar-refractivity contribution in [2.45, 2.75) is 6.92 Å². The molecular weight excluding hydrogens is 294 g/mol. The van der Waals surface area contributed by atoms with Crippen LogP contribution in [0.15, 0.2) is 36.7 Å². The van der Waals surface area contributed by atoms with E-state index >= 15 is 0 Å². The molecule has 3 aromatic rings. The molecule has 2 heterocycles. The molecule has 0 unspecified atom stereocenters. The van der Waals surface area contributed by atoms with Crippen LogP contribution in [0.2, 0.25) is 5.02 Å². The number of carbonyl (C=O) groups excluding carboxylic acids is 1. The van der Waals surface area contributed by atoms with Gasteiger partial charge in [-0.1, -0.05) is 11.6 Å². The number of rotatable bonds is 2. The topological polar surface area (TPSA) is 54.9 Å². The number of thiazole rings is 1. The van der Waals surface area contributed by atoms with Gasteiger partial charge in [0.15, 0.2) is 0 Å². The van der Waals surface area contributed by atoms with Gasteiger partial charge in [-0.25, -0.2) is 4.98 Å². The van der Waals surface area contributed by atoms with Crippen LogP contribution in [0.25, 0.3) is 10.2 Å². The monoisotopic (exact) mass is 303 g/mol. The lowest BCUT2D eigenvalue weighted by Crippen LogP contribution is -2.12. The highest BCUT2D eigenvalue weighted by molar-refractivity contribution is 7.18. The van der Waals surface area contributed by atoms with Crippen LogP contribution < -0.4 is 5.32 Å². The van der Waals surface area contributed by atoms with Gasteiger partial charge >= 0.3 is 0 Å². The van der Waals surface area contributed by atoms with Crippen LogP contribution in [0.4, 0.5) is 5.69 Å². The molecule has 6 heteroatoms. The fraction of sp³-hybridized carbons (Fsp3) is 0.0714. The standard InChI is InChI=1S/C14H10ClN3OS/c1-8-17-12-3-2-9(6-13(12)20-8)18-14(19)10-4-5-16-7-11(10)15/h2-7H,1H3,(H,18,19). The summed E-state index contributed by atoms with van der Waals surface area (Å²) in [4.78, 5) is 20.4. The van der Waals surface area contributed by atoms with Crippen molar-refractivity contribution < 1.29 is 4.79 Å². The van der Waals surface area contributed by atoms with Gasteiger partial charge in [0, 0.05) is 18.1 Å². The lowest BCUT2D eigenvalue weighted by atomic mass is 10.2. The smallest absolute Gasteiger partial charge is 0.257 e. The Morgan fingerprint density at radius 3 is 3.00 bits per heavy atom. The van der Waals surface area contributed by atoms with E-state index < -0.39 is 0 Å². The van der Waals surface area contributed by atoms with E-state index in [1.54, 1.807) is 17.4 Å². The van der Waals surface area contributed by atoms with Crippen LogP contribution in [-0.2, 0) is 0 Å². The van der Waals surface area contributed by atoms with Crippen molar-refractivity contribution in [1.82, 2.24) is 9.97 Å². The SMILES string of the molecule is Cc1nc2ccc(NC(=O)c3ccncc3Cl)cc2s1. The molecule has 0 saturated carbocycles. The van der Waals surface area contributed by atoms with Gasteiger partial charge in [0.25, 0.3) is 5.91 Å². The number of benzene rings is 1. The van der Waals surface area contributed by atoms with Gasteiger partial charge in [0.1, 0.15) is 0 Å². The maximum atomic E-state index is 12.1. The maximum absolute atomic E-state index is 12.1. The first-order valence-corrected chi connectivity index (χ1v) is 7.11. The summed E-state index contributed by atoms with van der Waals surface area (Å²) in [7, 11) is 0. The largest absolute Gasteiger partial charge is 0.322 e. The maximum Gasteiger partial charge on any atom is 0.257 e. The molecule has 0 bridgehead atoms. The zero-order valence-corrected chi connectivity index (χ0v) is 12.1. The van der Waals surface area contributed by atoms with Gasteiger partial charge in [0.2, 0.25) is 0 Å². The quantitative estimate of drug-likeness (QED) is 0.781. The van der Waals surface area contributed by atoms with Crippen LogP contribution in [0.5, 0.6) is 0 Å². The van der Waals surface area contributed by atoms with Gasteiger partial charge < -0.3 is 5.32 Å². The van der Waals surface area contributed by atoms with E-state index in [1.165, 1.54) is 12.4 Å². The first kappa shape index (κ1) is 13.0. The summed E-state index contributed by atoms with van der Waals surface area (Å²) < 4.78 is 1.04. The van der Waals surface area contributed by atoms with Crippen molar-refractivity contribution in [3.8, 4) is 0 Å². The van der Waals surface area contributed by atoms with Crippen molar-refractivity contribution in [3.05, 3.63) is 52.3 Å².